The van der Waals surface area contributed by atoms with E-state index in [-0.39, 0.29) is 5.41 Å². The Hall–Kier alpha value is -2.03. The lowest BCUT2D eigenvalue weighted by atomic mass is 9.86. The van der Waals surface area contributed by atoms with Crippen molar-refractivity contribution in [2.75, 3.05) is 13.2 Å². The topological polar surface area (TPSA) is 114 Å². The van der Waals surface area contributed by atoms with E-state index < -0.39 is 12.2 Å². The molecule has 0 aromatic carbocycles. The quantitative estimate of drug-likeness (QED) is 0.672. The van der Waals surface area contributed by atoms with Crippen LogP contribution in [0, 0.1) is 19.3 Å². The van der Waals surface area contributed by atoms with Gasteiger partial charge in [-0.2, -0.15) is 0 Å². The Bertz CT molecular complexity index is 662. The molecule has 2 aromatic heterocycles. The highest BCUT2D eigenvalue weighted by molar-refractivity contribution is 5.20. The van der Waals surface area contributed by atoms with Gasteiger partial charge in [0, 0.05) is 36.5 Å². The fourth-order valence-corrected chi connectivity index (χ4v) is 3.35. The van der Waals surface area contributed by atoms with Crippen LogP contribution in [-0.4, -0.2) is 50.7 Å². The number of nitrogens with one attached hydrogen (secondary N) is 1. The van der Waals surface area contributed by atoms with Crippen LogP contribution in [0.5, 0.6) is 5.88 Å². The Kier molecular flexibility index (Phi) is 5.31. The number of nitrogens with zero attached hydrogens (tertiary/aromatic N) is 3. The average Bonchev–Trinajstić information content (AvgIpc) is 3.07. The van der Waals surface area contributed by atoms with Gasteiger partial charge in [0.25, 0.3) is 0 Å². The van der Waals surface area contributed by atoms with E-state index in [1.165, 1.54) is 0 Å². The Morgan fingerprint density at radius 3 is 2.64 bits per heavy atom. The first-order chi connectivity index (χ1) is 12.0. The number of rotatable bonds is 7. The maximum Gasteiger partial charge on any atom is 0.232 e. The van der Waals surface area contributed by atoms with Crippen LogP contribution >= 0.6 is 0 Å². The van der Waals surface area contributed by atoms with Crippen molar-refractivity contribution in [3.63, 3.8) is 0 Å². The second-order valence-electron chi connectivity index (χ2n) is 6.78. The predicted molar refractivity (Wildman–Crippen MR) is 88.9 cm³/mol. The zero-order valence-electron chi connectivity index (χ0n) is 14.5. The number of hydrogen-bond acceptors (Lipinski definition) is 8. The van der Waals surface area contributed by atoms with Gasteiger partial charge in [0.05, 0.1) is 30.7 Å². The molecule has 2 atom stereocenters. The van der Waals surface area contributed by atoms with Crippen molar-refractivity contribution in [1.82, 2.24) is 20.4 Å². The van der Waals surface area contributed by atoms with Gasteiger partial charge < -0.3 is 24.8 Å². The molecule has 3 rings (SSSR count). The summed E-state index contributed by atoms with van der Waals surface area (Å²) in [4.78, 5) is 8.08. The summed E-state index contributed by atoms with van der Waals surface area (Å²) < 4.78 is 10.9. The van der Waals surface area contributed by atoms with Crippen LogP contribution in [0.15, 0.2) is 23.1 Å². The predicted octanol–water partition coefficient (Wildman–Crippen LogP) is 0.752. The Morgan fingerprint density at radius 2 is 2.04 bits per heavy atom. The van der Waals surface area contributed by atoms with Gasteiger partial charge in [0.2, 0.25) is 5.88 Å². The minimum absolute atomic E-state index is 0.342. The molecule has 0 aliphatic heterocycles. The first-order valence-electron chi connectivity index (χ1n) is 8.36. The molecule has 136 valence electrons. The van der Waals surface area contributed by atoms with Gasteiger partial charge in [0.15, 0.2) is 0 Å². The van der Waals surface area contributed by atoms with Gasteiger partial charge in [-0.1, -0.05) is 5.16 Å². The lowest BCUT2D eigenvalue weighted by Gasteiger charge is -2.29. The summed E-state index contributed by atoms with van der Waals surface area (Å²) in [5.41, 5.74) is 1.51. The SMILES string of the molecule is Cc1noc(C)c1CNCC1(COc2cnccn2)CC(O)C(O)C1. The van der Waals surface area contributed by atoms with Crippen LogP contribution in [-0.2, 0) is 6.54 Å². The minimum atomic E-state index is -0.744. The molecule has 1 fully saturated rings. The van der Waals surface area contributed by atoms with Gasteiger partial charge in [0.1, 0.15) is 5.76 Å². The highest BCUT2D eigenvalue weighted by Crippen LogP contribution is 2.38. The molecule has 1 saturated carbocycles. The van der Waals surface area contributed by atoms with Gasteiger partial charge in [-0.05, 0) is 26.7 Å². The maximum atomic E-state index is 10.0. The monoisotopic (exact) mass is 348 g/mol. The normalized spacial score (nSPS) is 26.1. The molecule has 8 heteroatoms. The summed E-state index contributed by atoms with van der Waals surface area (Å²) in [5.74, 6) is 1.23. The van der Waals surface area contributed by atoms with Crippen molar-refractivity contribution in [2.24, 2.45) is 5.41 Å². The molecule has 0 amide bonds. The van der Waals surface area contributed by atoms with Gasteiger partial charge in [-0.25, -0.2) is 4.98 Å². The molecule has 0 spiro atoms. The first-order valence-corrected chi connectivity index (χ1v) is 8.36. The van der Waals surface area contributed by atoms with E-state index in [1.54, 1.807) is 18.6 Å². The fraction of sp³-hybridized carbons (Fsp3) is 0.588. The van der Waals surface area contributed by atoms with Crippen LogP contribution in [0.1, 0.15) is 29.9 Å². The summed E-state index contributed by atoms with van der Waals surface area (Å²) in [6, 6.07) is 0. The molecule has 2 unspecified atom stereocenters. The van der Waals surface area contributed by atoms with Gasteiger partial charge in [-0.3, -0.25) is 4.98 Å². The van der Waals surface area contributed by atoms with Gasteiger partial charge >= 0.3 is 0 Å². The number of aromatic nitrogens is 3. The molecule has 0 bridgehead atoms. The van der Waals surface area contributed by atoms with Crippen molar-refractivity contribution in [3.8, 4) is 5.88 Å². The second-order valence-corrected chi connectivity index (χ2v) is 6.78. The molecule has 8 nitrogen and oxygen atoms in total. The molecule has 25 heavy (non-hydrogen) atoms. The molecular formula is C17H24N4O4. The van der Waals surface area contributed by atoms with Crippen LogP contribution in [0.25, 0.3) is 0 Å². The third-order valence-corrected chi connectivity index (χ3v) is 4.78. The minimum Gasteiger partial charge on any atom is -0.476 e. The van der Waals surface area contributed by atoms with Crippen molar-refractivity contribution in [1.29, 1.82) is 0 Å². The highest BCUT2D eigenvalue weighted by Gasteiger charge is 2.44. The maximum absolute atomic E-state index is 10.0. The molecule has 3 N–H and O–H groups in total. The number of aliphatic hydroxyl groups is 2. The van der Waals surface area contributed by atoms with E-state index >= 15 is 0 Å². The lowest BCUT2D eigenvalue weighted by Crippen LogP contribution is -2.38. The zero-order chi connectivity index (χ0) is 17.9. The summed E-state index contributed by atoms with van der Waals surface area (Å²) in [6.07, 6.45) is 4.13. The zero-order valence-corrected chi connectivity index (χ0v) is 14.5. The van der Waals surface area contributed by atoms with E-state index in [0.717, 1.165) is 17.0 Å². The third kappa shape index (κ3) is 4.15. The largest absolute Gasteiger partial charge is 0.476 e. The van der Waals surface area contributed by atoms with Crippen molar-refractivity contribution in [2.45, 2.75) is 45.4 Å². The molecular weight excluding hydrogens is 324 g/mol. The van der Waals surface area contributed by atoms with Crippen molar-refractivity contribution in [3.05, 3.63) is 35.6 Å². The van der Waals surface area contributed by atoms with Crippen LogP contribution in [0.3, 0.4) is 0 Å². The van der Waals surface area contributed by atoms with Gasteiger partial charge in [-0.15, -0.1) is 0 Å². The summed E-state index contributed by atoms with van der Waals surface area (Å²) in [6.45, 7) is 5.33. The Labute approximate surface area is 146 Å². The number of aryl methyl sites for hydroxylation is 2. The number of hydrogen-bond donors (Lipinski definition) is 3. The molecule has 1 aliphatic rings. The Balaban J connectivity index is 1.63. The van der Waals surface area contributed by atoms with Crippen LogP contribution < -0.4 is 10.1 Å². The van der Waals surface area contributed by atoms with Crippen molar-refractivity contribution < 1.29 is 19.5 Å². The van der Waals surface area contributed by atoms with E-state index in [4.69, 9.17) is 9.26 Å². The Morgan fingerprint density at radius 1 is 1.28 bits per heavy atom. The molecule has 0 radical (unpaired) electrons. The number of ether oxygens (including phenoxy) is 1. The third-order valence-electron chi connectivity index (χ3n) is 4.78. The standard InChI is InChI=1S/C17H24N4O4/c1-11-13(12(2)25-21-11)7-19-9-17(5-14(22)15(23)6-17)10-24-16-8-18-3-4-20-16/h3-4,8,14-15,19,22-23H,5-7,9-10H2,1-2H3. The number of aliphatic hydroxyl groups excluding tert-OH is 2. The molecule has 1 aliphatic carbocycles. The molecule has 2 heterocycles. The lowest BCUT2D eigenvalue weighted by molar-refractivity contribution is 0.0438. The summed E-state index contributed by atoms with van der Waals surface area (Å²) in [5, 5.41) is 27.4. The summed E-state index contributed by atoms with van der Waals surface area (Å²) in [7, 11) is 0. The smallest absolute Gasteiger partial charge is 0.232 e. The highest BCUT2D eigenvalue weighted by atomic mass is 16.5. The average molecular weight is 348 g/mol. The van der Waals surface area contributed by atoms with Crippen LogP contribution in [0.4, 0.5) is 0 Å². The van der Waals surface area contributed by atoms with E-state index in [0.29, 0.717) is 38.4 Å². The second kappa shape index (κ2) is 7.47. The molecule has 2 aromatic rings. The van der Waals surface area contributed by atoms with E-state index in [1.807, 2.05) is 13.8 Å². The molecule has 0 saturated heterocycles. The fourth-order valence-electron chi connectivity index (χ4n) is 3.35. The van der Waals surface area contributed by atoms with Crippen molar-refractivity contribution >= 4 is 0 Å². The van der Waals surface area contributed by atoms with Crippen LogP contribution in [0.2, 0.25) is 0 Å². The first kappa shape index (κ1) is 17.8. The van der Waals surface area contributed by atoms with E-state index in [9.17, 15) is 10.2 Å². The summed E-state index contributed by atoms with van der Waals surface area (Å²) >= 11 is 0. The van der Waals surface area contributed by atoms with E-state index in [2.05, 4.69) is 20.4 Å².